The van der Waals surface area contributed by atoms with E-state index in [9.17, 15) is 110 Å². The topological polar surface area (TPSA) is 33.8 Å². The molecule has 392 valence electrons. The number of nitrogens with zero attached hydrogens (tertiary/aromatic N) is 2. The third-order valence-electron chi connectivity index (χ3n) is 10.6. The second kappa shape index (κ2) is 19.9. The number of hydrogen-bond donors (Lipinski definition) is 0. The van der Waals surface area contributed by atoms with Gasteiger partial charge in [-0.1, -0.05) is 78.9 Å². The number of ketones is 1. The molecule has 0 aliphatic heterocycles. The summed E-state index contributed by atoms with van der Waals surface area (Å²) in [6.07, 6.45) is -49.6. The molecule has 0 unspecified atom stereocenters. The fourth-order valence-corrected chi connectivity index (χ4v) is 7.83. The molecular weight excluding hydrogens is 1120 g/mol. The Hall–Kier alpha value is -6.29. The maximum absolute atomic E-state index is 14.2. The Balaban J connectivity index is 0.000000520. The monoisotopic (exact) mass is 1140 g/mol. The van der Waals surface area contributed by atoms with E-state index in [4.69, 9.17) is 0 Å². The molecule has 0 atom stereocenters. The average molecular weight is 1140 g/mol. The van der Waals surface area contributed by atoms with Crippen LogP contribution in [0.25, 0.3) is 0 Å². The van der Waals surface area contributed by atoms with Gasteiger partial charge in [0, 0.05) is 5.56 Å². The highest BCUT2D eigenvalue weighted by molar-refractivity contribution is 9.10. The number of carbonyl (C=O) groups is 1. The minimum absolute atomic E-state index is 0.0868. The van der Waals surface area contributed by atoms with Gasteiger partial charge in [-0.15, -0.1) is 0 Å². The SMILES string of the molecule is FC(F)(F)c1cc([B-](c2cc(C(F)(F)F)cc(C(F)(F)F)c2)(c2cc(C(F)(F)F)cc(C(F)(F)F)c2)c2cc(C(F)(F)F)cc(C(F)(F)F)c2)cc(C(F)(F)F)c1.O=C(C[n+]1ccnc(Br)c1)c1ccccc1. The molecule has 5 aromatic carbocycles. The Bertz CT molecular complexity index is 2530. The van der Waals surface area contributed by atoms with Gasteiger partial charge >= 0.3 is 49.4 Å². The van der Waals surface area contributed by atoms with Gasteiger partial charge in [-0.05, 0) is 40.2 Å². The first-order valence-electron chi connectivity index (χ1n) is 19.5. The van der Waals surface area contributed by atoms with Crippen molar-refractivity contribution >= 4 is 49.7 Å². The fraction of sp³-hybridized carbons (Fsp3) is 0.205. The summed E-state index contributed by atoms with van der Waals surface area (Å²) in [5.41, 5.74) is -29.5. The van der Waals surface area contributed by atoms with E-state index in [0.29, 0.717) is 6.54 Å². The summed E-state index contributed by atoms with van der Waals surface area (Å²) in [5, 5.41) is 0. The molecule has 6 aromatic rings. The average Bonchev–Trinajstić information content (AvgIpc) is 3.24. The first-order valence-corrected chi connectivity index (χ1v) is 20.3. The predicted molar refractivity (Wildman–Crippen MR) is 213 cm³/mol. The van der Waals surface area contributed by atoms with Crippen molar-refractivity contribution in [1.29, 1.82) is 0 Å². The second-order valence-corrected chi connectivity index (χ2v) is 16.4. The summed E-state index contributed by atoms with van der Waals surface area (Å²) in [4.78, 5) is 15.9. The zero-order valence-electron chi connectivity index (χ0n) is 35.1. The molecule has 0 N–H and O–H groups in total. The van der Waals surface area contributed by atoms with Crippen LogP contribution in [-0.4, -0.2) is 16.9 Å². The van der Waals surface area contributed by atoms with Crippen molar-refractivity contribution in [3.63, 3.8) is 0 Å². The number of rotatable bonds is 7. The highest BCUT2D eigenvalue weighted by Crippen LogP contribution is 2.41. The van der Waals surface area contributed by atoms with Gasteiger partial charge in [0.1, 0.15) is 6.15 Å². The van der Waals surface area contributed by atoms with Crippen molar-refractivity contribution < 1.29 is 115 Å². The molecule has 0 aliphatic carbocycles. The summed E-state index contributed by atoms with van der Waals surface area (Å²) in [6.45, 7) is 0.325. The van der Waals surface area contributed by atoms with E-state index in [2.05, 4.69) is 20.9 Å². The number of Topliss-reactive ketones (excluding diaryl/α,β-unsaturated/α-hetero) is 1. The number of benzene rings is 5. The van der Waals surface area contributed by atoms with Gasteiger partial charge in [0.05, 0.1) is 50.7 Å². The van der Waals surface area contributed by atoms with Crippen molar-refractivity contribution in [2.24, 2.45) is 0 Å². The van der Waals surface area contributed by atoms with E-state index >= 15 is 0 Å². The van der Waals surface area contributed by atoms with Crippen LogP contribution in [0.3, 0.4) is 0 Å². The molecule has 0 fully saturated rings. The van der Waals surface area contributed by atoms with Crippen molar-refractivity contribution in [1.82, 2.24) is 4.98 Å². The summed E-state index contributed by atoms with van der Waals surface area (Å²) < 4.78 is 343. The van der Waals surface area contributed by atoms with Crippen molar-refractivity contribution in [2.45, 2.75) is 56.0 Å². The molecule has 0 spiro atoms. The van der Waals surface area contributed by atoms with Crippen LogP contribution in [0.2, 0.25) is 0 Å². The molecule has 3 nitrogen and oxygen atoms in total. The van der Waals surface area contributed by atoms with Crippen molar-refractivity contribution in [3.05, 3.63) is 176 Å². The number of hydrogen-bond acceptors (Lipinski definition) is 2. The Morgan fingerprint density at radius 1 is 0.411 bits per heavy atom. The van der Waals surface area contributed by atoms with Gasteiger partial charge in [-0.25, -0.2) is 4.98 Å². The van der Waals surface area contributed by atoms with Gasteiger partial charge < -0.3 is 0 Å². The lowest BCUT2D eigenvalue weighted by Gasteiger charge is -2.46. The minimum atomic E-state index is -6.13. The molecule has 29 heteroatoms. The number of carbonyl (C=O) groups excluding carboxylic acids is 1. The fourth-order valence-electron chi connectivity index (χ4n) is 7.45. The zero-order chi connectivity index (χ0) is 55.3. The summed E-state index contributed by atoms with van der Waals surface area (Å²) in [6, 6.07) is 0.446. The van der Waals surface area contributed by atoms with Gasteiger partial charge in [0.2, 0.25) is 18.5 Å². The van der Waals surface area contributed by atoms with E-state index in [-0.39, 0.29) is 5.78 Å². The lowest BCUT2D eigenvalue weighted by Crippen LogP contribution is -2.75. The minimum Gasteiger partial charge on any atom is -0.287 e. The molecular formula is C44H22BBrF24N2O. The summed E-state index contributed by atoms with van der Waals surface area (Å²) >= 11 is 3.27. The molecule has 0 bridgehead atoms. The zero-order valence-corrected chi connectivity index (χ0v) is 36.7. The van der Waals surface area contributed by atoms with Crippen LogP contribution in [0.1, 0.15) is 54.9 Å². The normalized spacial score (nSPS) is 13.4. The van der Waals surface area contributed by atoms with Crippen LogP contribution in [-0.2, 0) is 56.0 Å². The number of aromatic nitrogens is 2. The van der Waals surface area contributed by atoms with Gasteiger partial charge in [0.15, 0.2) is 10.8 Å². The van der Waals surface area contributed by atoms with E-state index in [0.717, 1.165) is 10.2 Å². The Labute approximate surface area is 401 Å². The molecule has 0 saturated carbocycles. The Morgan fingerprint density at radius 3 is 0.877 bits per heavy atom. The first-order chi connectivity index (χ1) is 33.0. The van der Waals surface area contributed by atoms with Crippen molar-refractivity contribution in [2.75, 3.05) is 0 Å². The first kappa shape index (κ1) is 57.6. The van der Waals surface area contributed by atoms with Crippen LogP contribution in [0.4, 0.5) is 105 Å². The molecule has 73 heavy (non-hydrogen) atoms. The summed E-state index contributed by atoms with van der Waals surface area (Å²) in [5.74, 6) is 0.0868. The van der Waals surface area contributed by atoms with Gasteiger partial charge in [-0.2, -0.15) is 132 Å². The third-order valence-corrected chi connectivity index (χ3v) is 11.0. The Kier molecular flexibility index (Phi) is 15.7. The van der Waals surface area contributed by atoms with Crippen LogP contribution >= 0.6 is 15.9 Å². The lowest BCUT2D eigenvalue weighted by molar-refractivity contribution is -0.684. The second-order valence-electron chi connectivity index (χ2n) is 15.6. The van der Waals surface area contributed by atoms with Crippen LogP contribution < -0.4 is 26.4 Å². The van der Waals surface area contributed by atoms with Gasteiger partial charge in [-0.3, -0.25) is 4.79 Å². The van der Waals surface area contributed by atoms with Gasteiger partial charge in [0.25, 0.3) is 0 Å². The highest BCUT2D eigenvalue weighted by atomic mass is 79.9. The third kappa shape index (κ3) is 13.7. The van der Waals surface area contributed by atoms with Crippen LogP contribution in [0, 0.1) is 0 Å². The largest absolute Gasteiger partial charge is 0.416 e. The molecule has 1 heterocycles. The predicted octanol–water partition coefficient (Wildman–Crippen LogP) is 13.2. The van der Waals surface area contributed by atoms with E-state index in [1.54, 1.807) is 23.2 Å². The van der Waals surface area contributed by atoms with Crippen LogP contribution in [0.15, 0.2) is 126 Å². The van der Waals surface area contributed by atoms with E-state index in [1.165, 1.54) is 0 Å². The maximum atomic E-state index is 14.2. The molecule has 0 aliphatic rings. The van der Waals surface area contributed by atoms with E-state index in [1.807, 2.05) is 30.3 Å². The molecule has 0 saturated heterocycles. The molecule has 1 aromatic heterocycles. The smallest absolute Gasteiger partial charge is 0.287 e. The van der Waals surface area contributed by atoms with Crippen molar-refractivity contribution in [3.8, 4) is 0 Å². The maximum Gasteiger partial charge on any atom is 0.416 e. The lowest BCUT2D eigenvalue weighted by atomic mass is 9.12. The molecule has 0 amide bonds. The number of halogens is 25. The van der Waals surface area contributed by atoms with E-state index < -0.39 is 195 Å². The number of alkyl halides is 24. The quantitative estimate of drug-likeness (QED) is 0.0691. The Morgan fingerprint density at radius 2 is 0.658 bits per heavy atom. The highest BCUT2D eigenvalue weighted by Gasteiger charge is 2.47. The molecule has 0 radical (unpaired) electrons. The van der Waals surface area contributed by atoms with Crippen LogP contribution in [0.5, 0.6) is 0 Å². The summed E-state index contributed by atoms with van der Waals surface area (Å²) in [7, 11) is 0. The molecule has 6 rings (SSSR count). The standard InChI is InChI=1S/C32H12BF24.C12H10BrN2O/c34-25(35,36)13-1-14(26(37,38)39)6-21(5-13)33(22-7-15(27(40,41)42)2-16(8-22)28(43,44)45,23-9-17(29(46,47)48)3-18(10-23)30(49,50)51)24-11-19(31(52,53)54)4-20(12-24)32(55,56)57;13-12-9-15(7-6-14-12)8-11(16)10-4-2-1-3-5-10/h1-12H;1-7,9H,8H2/q-1;+1.